The lowest BCUT2D eigenvalue weighted by Crippen LogP contribution is -2.22. The number of nitrogens with one attached hydrogen (secondary N) is 5. The summed E-state index contributed by atoms with van der Waals surface area (Å²) in [4.78, 5) is 24.5. The Labute approximate surface area is 190 Å². The number of nitrogens with zero attached hydrogens (tertiary/aromatic N) is 2. The first-order chi connectivity index (χ1) is 15.9. The normalized spacial score (nSPS) is 11.3. The van der Waals surface area contributed by atoms with Crippen molar-refractivity contribution < 1.29 is 13.2 Å². The Kier molecular flexibility index (Phi) is 6.24. The van der Waals surface area contributed by atoms with Crippen LogP contribution in [0.3, 0.4) is 0 Å². The van der Waals surface area contributed by atoms with Crippen molar-refractivity contribution >= 4 is 50.1 Å². The number of H-pyrrole nitrogens is 1. The van der Waals surface area contributed by atoms with E-state index < -0.39 is 10.0 Å². The summed E-state index contributed by atoms with van der Waals surface area (Å²) < 4.78 is 26.7. The van der Waals surface area contributed by atoms with E-state index in [1.807, 2.05) is 12.1 Å². The van der Waals surface area contributed by atoms with Gasteiger partial charge < -0.3 is 20.9 Å². The number of anilines is 4. The van der Waals surface area contributed by atoms with Gasteiger partial charge in [0.15, 0.2) is 0 Å². The highest BCUT2D eigenvalue weighted by Gasteiger charge is 2.15. The van der Waals surface area contributed by atoms with Gasteiger partial charge in [-0.25, -0.2) is 13.1 Å². The van der Waals surface area contributed by atoms with Crippen molar-refractivity contribution in [2.24, 2.45) is 0 Å². The van der Waals surface area contributed by atoms with E-state index in [9.17, 15) is 13.2 Å². The standard InChI is InChI=1S/C22H23N7O3S/c1-3-25-33(31,32)15-10-8-14(9-11-15)26-22-28-19-17(12-13-24-19)20(29-22)27-18-7-5-4-6-16(18)21(30)23-2/h4-13,25H,3H2,1-2H3,(H,23,30)(H3,24,26,27,28,29). The third-order valence-corrected chi connectivity index (χ3v) is 6.38. The fourth-order valence-corrected chi connectivity index (χ4v) is 4.31. The topological polar surface area (TPSA) is 141 Å². The summed E-state index contributed by atoms with van der Waals surface area (Å²) >= 11 is 0. The fourth-order valence-electron chi connectivity index (χ4n) is 3.26. The molecule has 0 spiro atoms. The van der Waals surface area contributed by atoms with E-state index in [4.69, 9.17) is 0 Å². The largest absolute Gasteiger partial charge is 0.355 e. The molecule has 0 aliphatic carbocycles. The molecule has 2 aromatic carbocycles. The molecule has 0 fully saturated rings. The van der Waals surface area contributed by atoms with E-state index in [1.54, 1.807) is 50.5 Å². The molecule has 1 amide bonds. The molecule has 2 aromatic heterocycles. The van der Waals surface area contributed by atoms with Crippen LogP contribution < -0.4 is 20.7 Å². The minimum atomic E-state index is -3.53. The van der Waals surface area contributed by atoms with E-state index >= 15 is 0 Å². The van der Waals surface area contributed by atoms with Gasteiger partial charge in [0.05, 0.1) is 21.5 Å². The number of aromatic nitrogens is 3. The number of hydrogen-bond donors (Lipinski definition) is 5. The molecule has 0 bridgehead atoms. The lowest BCUT2D eigenvalue weighted by molar-refractivity contribution is 0.0964. The summed E-state index contributed by atoms with van der Waals surface area (Å²) in [6.07, 6.45) is 1.75. The molecule has 2 heterocycles. The molecule has 0 saturated heterocycles. The number of para-hydroxylation sites is 1. The molecule has 5 N–H and O–H groups in total. The predicted octanol–water partition coefficient (Wildman–Crippen LogP) is 3.10. The Morgan fingerprint density at radius 1 is 1.00 bits per heavy atom. The highest BCUT2D eigenvalue weighted by atomic mass is 32.2. The number of rotatable bonds is 8. The van der Waals surface area contributed by atoms with Crippen molar-refractivity contribution in [2.45, 2.75) is 11.8 Å². The van der Waals surface area contributed by atoms with Crippen LogP contribution in [0.15, 0.2) is 65.7 Å². The first-order valence-corrected chi connectivity index (χ1v) is 11.7. The van der Waals surface area contributed by atoms with Crippen LogP contribution in [0.2, 0.25) is 0 Å². The maximum Gasteiger partial charge on any atom is 0.253 e. The minimum Gasteiger partial charge on any atom is -0.355 e. The molecule has 0 unspecified atom stereocenters. The van der Waals surface area contributed by atoms with Crippen LogP contribution in [0.4, 0.5) is 23.1 Å². The van der Waals surface area contributed by atoms with Gasteiger partial charge in [0, 0.05) is 25.5 Å². The Bertz CT molecular complexity index is 1400. The summed E-state index contributed by atoms with van der Waals surface area (Å²) in [7, 11) is -1.96. The van der Waals surface area contributed by atoms with Crippen molar-refractivity contribution in [1.29, 1.82) is 0 Å². The van der Waals surface area contributed by atoms with E-state index in [1.165, 1.54) is 12.1 Å². The molecule has 10 nitrogen and oxygen atoms in total. The van der Waals surface area contributed by atoms with Gasteiger partial charge in [0.1, 0.15) is 11.5 Å². The molecule has 0 radical (unpaired) electrons. The summed E-state index contributed by atoms with van der Waals surface area (Å²) in [6.45, 7) is 2.03. The Hall–Kier alpha value is -3.96. The molecular weight excluding hydrogens is 442 g/mol. The second-order valence-electron chi connectivity index (χ2n) is 7.04. The summed E-state index contributed by atoms with van der Waals surface area (Å²) in [5, 5.41) is 9.70. The zero-order chi connectivity index (χ0) is 23.4. The van der Waals surface area contributed by atoms with E-state index in [2.05, 4.69) is 35.6 Å². The zero-order valence-electron chi connectivity index (χ0n) is 18.0. The second kappa shape index (κ2) is 9.27. The summed E-state index contributed by atoms with van der Waals surface area (Å²) in [5.74, 6) is 0.585. The number of fused-ring (bicyclic) bond motifs is 1. The van der Waals surface area contributed by atoms with Crippen molar-refractivity contribution in [3.8, 4) is 0 Å². The lowest BCUT2D eigenvalue weighted by Gasteiger charge is -2.13. The van der Waals surface area contributed by atoms with Crippen LogP contribution in [-0.4, -0.2) is 42.9 Å². The average Bonchev–Trinajstić information content (AvgIpc) is 3.28. The Balaban J connectivity index is 1.65. The number of carbonyl (C=O) groups excluding carboxylic acids is 1. The molecule has 0 saturated carbocycles. The summed E-state index contributed by atoms with van der Waals surface area (Å²) in [5.41, 5.74) is 2.29. The molecular formula is C22H23N7O3S. The molecule has 170 valence electrons. The Morgan fingerprint density at radius 2 is 1.76 bits per heavy atom. The van der Waals surface area contributed by atoms with Gasteiger partial charge in [0.25, 0.3) is 5.91 Å². The summed E-state index contributed by atoms with van der Waals surface area (Å²) in [6, 6.07) is 15.3. The maximum absolute atomic E-state index is 12.2. The van der Waals surface area contributed by atoms with Crippen LogP contribution in [0.5, 0.6) is 0 Å². The number of benzene rings is 2. The monoisotopic (exact) mass is 465 g/mol. The third-order valence-electron chi connectivity index (χ3n) is 4.82. The number of aromatic amines is 1. The van der Waals surface area contributed by atoms with Gasteiger partial charge in [-0.3, -0.25) is 4.79 Å². The first kappa shape index (κ1) is 22.2. The molecule has 4 rings (SSSR count). The van der Waals surface area contributed by atoms with Gasteiger partial charge in [-0.2, -0.15) is 9.97 Å². The molecule has 4 aromatic rings. The van der Waals surface area contributed by atoms with Crippen LogP contribution in [0.25, 0.3) is 11.0 Å². The van der Waals surface area contributed by atoms with Gasteiger partial charge in [-0.1, -0.05) is 19.1 Å². The fraction of sp³-hybridized carbons (Fsp3) is 0.136. The van der Waals surface area contributed by atoms with Crippen LogP contribution in [-0.2, 0) is 10.0 Å². The maximum atomic E-state index is 12.2. The second-order valence-corrected chi connectivity index (χ2v) is 8.80. The minimum absolute atomic E-state index is 0.170. The number of hydrogen-bond acceptors (Lipinski definition) is 7. The average molecular weight is 466 g/mol. The number of sulfonamides is 1. The third kappa shape index (κ3) is 4.78. The first-order valence-electron chi connectivity index (χ1n) is 10.2. The van der Waals surface area contributed by atoms with E-state index in [0.29, 0.717) is 40.9 Å². The number of amides is 1. The van der Waals surface area contributed by atoms with E-state index in [-0.39, 0.29) is 10.8 Å². The van der Waals surface area contributed by atoms with Gasteiger partial charge in [0.2, 0.25) is 16.0 Å². The van der Waals surface area contributed by atoms with Crippen molar-refractivity contribution in [3.63, 3.8) is 0 Å². The quantitative estimate of drug-likeness (QED) is 0.269. The van der Waals surface area contributed by atoms with Gasteiger partial charge in [-0.15, -0.1) is 0 Å². The zero-order valence-corrected chi connectivity index (χ0v) is 18.8. The molecule has 11 heteroatoms. The molecule has 0 aliphatic rings. The van der Waals surface area contributed by atoms with Crippen LogP contribution >= 0.6 is 0 Å². The lowest BCUT2D eigenvalue weighted by atomic mass is 10.1. The Morgan fingerprint density at radius 3 is 2.48 bits per heavy atom. The van der Waals surface area contributed by atoms with Gasteiger partial charge in [-0.05, 0) is 42.5 Å². The molecule has 0 aliphatic heterocycles. The SMILES string of the molecule is CCNS(=O)(=O)c1ccc(Nc2nc(Nc3ccccc3C(=O)NC)c3cc[nH]c3n2)cc1. The highest BCUT2D eigenvalue weighted by Crippen LogP contribution is 2.27. The molecule has 33 heavy (non-hydrogen) atoms. The van der Waals surface area contributed by atoms with Crippen molar-refractivity contribution in [3.05, 3.63) is 66.4 Å². The highest BCUT2D eigenvalue weighted by molar-refractivity contribution is 7.89. The smallest absolute Gasteiger partial charge is 0.253 e. The van der Waals surface area contributed by atoms with Crippen LogP contribution in [0.1, 0.15) is 17.3 Å². The van der Waals surface area contributed by atoms with Gasteiger partial charge >= 0.3 is 0 Å². The van der Waals surface area contributed by atoms with Crippen LogP contribution in [0, 0.1) is 0 Å². The van der Waals surface area contributed by atoms with E-state index in [0.717, 1.165) is 5.39 Å². The predicted molar refractivity (Wildman–Crippen MR) is 128 cm³/mol. The number of carbonyl (C=O) groups is 1. The van der Waals surface area contributed by atoms with Crippen molar-refractivity contribution in [1.82, 2.24) is 25.0 Å². The molecule has 0 atom stereocenters. The van der Waals surface area contributed by atoms with Crippen molar-refractivity contribution in [2.75, 3.05) is 24.2 Å².